The first kappa shape index (κ1) is 13.8. The van der Waals surface area contributed by atoms with Crippen molar-refractivity contribution in [3.63, 3.8) is 0 Å². The second kappa shape index (κ2) is 6.10. The van der Waals surface area contributed by atoms with Crippen molar-refractivity contribution in [1.82, 2.24) is 14.9 Å². The fourth-order valence-corrected chi connectivity index (χ4v) is 2.74. The summed E-state index contributed by atoms with van der Waals surface area (Å²) in [6.45, 7) is 1.81. The average molecular weight is 284 g/mol. The number of aryl methyl sites for hydroxylation is 2. The number of hydrogen-bond donors (Lipinski definition) is 1. The topological polar surface area (TPSA) is 50.2 Å². The van der Waals surface area contributed by atoms with Crippen LogP contribution < -0.4 is 10.2 Å². The molecule has 1 amide bonds. The Morgan fingerprint density at radius 2 is 2.24 bits per heavy atom. The van der Waals surface area contributed by atoms with Crippen molar-refractivity contribution in [2.45, 2.75) is 19.4 Å². The van der Waals surface area contributed by atoms with Crippen molar-refractivity contribution in [1.29, 1.82) is 0 Å². The Kier molecular flexibility index (Phi) is 4.01. The van der Waals surface area contributed by atoms with Gasteiger partial charge in [-0.3, -0.25) is 4.79 Å². The van der Waals surface area contributed by atoms with E-state index in [1.807, 2.05) is 40.9 Å². The molecule has 1 N–H and O–H groups in total. The van der Waals surface area contributed by atoms with Crippen molar-refractivity contribution < 1.29 is 4.79 Å². The van der Waals surface area contributed by atoms with Crippen molar-refractivity contribution in [3.8, 4) is 0 Å². The summed E-state index contributed by atoms with van der Waals surface area (Å²) in [5.41, 5.74) is 3.40. The van der Waals surface area contributed by atoms with Gasteiger partial charge in [-0.25, -0.2) is 4.98 Å². The van der Waals surface area contributed by atoms with Crippen LogP contribution in [0.15, 0.2) is 36.8 Å². The molecule has 1 aliphatic rings. The largest absolute Gasteiger partial charge is 0.337 e. The molecule has 0 spiro atoms. The van der Waals surface area contributed by atoms with Crippen molar-refractivity contribution in [2.24, 2.45) is 7.05 Å². The number of para-hydroxylation sites is 1. The lowest BCUT2D eigenvalue weighted by Crippen LogP contribution is -2.41. The number of aromatic nitrogens is 2. The summed E-state index contributed by atoms with van der Waals surface area (Å²) < 4.78 is 1.95. The number of imidazole rings is 1. The third-order valence-corrected chi connectivity index (χ3v) is 3.91. The standard InChI is InChI=1S/C16H20N4O/c1-19-12-18-10-14(19)9-17-11-16(21)20-8-4-6-13-5-2-3-7-15(13)20/h2-3,5,7,10,12,17H,4,6,8-9,11H2,1H3. The molecule has 5 nitrogen and oxygen atoms in total. The number of nitrogens with one attached hydrogen (secondary N) is 1. The summed E-state index contributed by atoms with van der Waals surface area (Å²) in [5.74, 6) is 0.129. The summed E-state index contributed by atoms with van der Waals surface area (Å²) in [4.78, 5) is 18.4. The molecule has 2 aromatic rings. The molecule has 1 aliphatic heterocycles. The maximum Gasteiger partial charge on any atom is 0.240 e. The van der Waals surface area contributed by atoms with E-state index in [1.54, 1.807) is 6.33 Å². The SMILES string of the molecule is Cn1cncc1CNCC(=O)N1CCCc2ccccc21. The molecule has 110 valence electrons. The van der Waals surface area contributed by atoms with Crippen LogP contribution in [-0.4, -0.2) is 28.5 Å². The van der Waals surface area contributed by atoms with Crippen LogP contribution in [0.2, 0.25) is 0 Å². The molecule has 0 saturated heterocycles. The molecule has 0 radical (unpaired) electrons. The first-order chi connectivity index (χ1) is 10.3. The summed E-state index contributed by atoms with van der Waals surface area (Å²) >= 11 is 0. The smallest absolute Gasteiger partial charge is 0.240 e. The van der Waals surface area contributed by atoms with E-state index in [9.17, 15) is 4.79 Å². The summed E-state index contributed by atoms with van der Waals surface area (Å²) in [7, 11) is 1.95. The maximum absolute atomic E-state index is 12.4. The summed E-state index contributed by atoms with van der Waals surface area (Å²) in [6, 6.07) is 8.17. The van der Waals surface area contributed by atoms with Crippen molar-refractivity contribution in [2.75, 3.05) is 18.0 Å². The van der Waals surface area contributed by atoms with Crippen LogP contribution in [-0.2, 0) is 24.8 Å². The highest BCUT2D eigenvalue weighted by Crippen LogP contribution is 2.26. The second-order valence-electron chi connectivity index (χ2n) is 5.38. The summed E-state index contributed by atoms with van der Waals surface area (Å²) in [6.07, 6.45) is 5.67. The van der Waals surface area contributed by atoms with E-state index in [0.717, 1.165) is 30.8 Å². The molecule has 1 aromatic heterocycles. The van der Waals surface area contributed by atoms with Crippen LogP contribution >= 0.6 is 0 Å². The van der Waals surface area contributed by atoms with E-state index in [0.29, 0.717) is 13.1 Å². The van der Waals surface area contributed by atoms with Crippen LogP contribution in [0.3, 0.4) is 0 Å². The van der Waals surface area contributed by atoms with Crippen LogP contribution in [0.1, 0.15) is 17.7 Å². The van der Waals surface area contributed by atoms with Crippen LogP contribution in [0, 0.1) is 0 Å². The lowest BCUT2D eigenvalue weighted by molar-refractivity contribution is -0.117. The van der Waals surface area contributed by atoms with E-state index in [-0.39, 0.29) is 5.91 Å². The zero-order valence-electron chi connectivity index (χ0n) is 12.2. The molecule has 0 aliphatic carbocycles. The van der Waals surface area contributed by atoms with Gasteiger partial charge >= 0.3 is 0 Å². The molecule has 21 heavy (non-hydrogen) atoms. The van der Waals surface area contributed by atoms with Gasteiger partial charge in [0.25, 0.3) is 0 Å². The third-order valence-electron chi connectivity index (χ3n) is 3.91. The maximum atomic E-state index is 12.4. The van der Waals surface area contributed by atoms with E-state index in [4.69, 9.17) is 0 Å². The van der Waals surface area contributed by atoms with E-state index < -0.39 is 0 Å². The van der Waals surface area contributed by atoms with Gasteiger partial charge < -0.3 is 14.8 Å². The molecule has 0 atom stereocenters. The molecular weight excluding hydrogens is 264 g/mol. The first-order valence-electron chi connectivity index (χ1n) is 7.30. The van der Waals surface area contributed by atoms with Gasteiger partial charge in [0.15, 0.2) is 0 Å². The zero-order valence-corrected chi connectivity index (χ0v) is 12.2. The molecule has 0 saturated carbocycles. The Morgan fingerprint density at radius 3 is 3.05 bits per heavy atom. The van der Waals surface area contributed by atoms with Gasteiger partial charge in [0.2, 0.25) is 5.91 Å². The Morgan fingerprint density at radius 1 is 1.38 bits per heavy atom. The lowest BCUT2D eigenvalue weighted by Gasteiger charge is -2.29. The van der Waals surface area contributed by atoms with Crippen LogP contribution in [0.5, 0.6) is 0 Å². The molecular formula is C16H20N4O. The average Bonchev–Trinajstić information content (AvgIpc) is 2.92. The minimum atomic E-state index is 0.129. The predicted octanol–water partition coefficient (Wildman–Crippen LogP) is 1.49. The van der Waals surface area contributed by atoms with E-state index in [1.165, 1.54) is 5.56 Å². The van der Waals surface area contributed by atoms with Gasteiger partial charge in [0.1, 0.15) is 0 Å². The van der Waals surface area contributed by atoms with Crippen LogP contribution in [0.4, 0.5) is 5.69 Å². The third kappa shape index (κ3) is 2.97. The van der Waals surface area contributed by atoms with E-state index in [2.05, 4.69) is 16.4 Å². The Bertz CT molecular complexity index is 635. The van der Waals surface area contributed by atoms with Crippen molar-refractivity contribution in [3.05, 3.63) is 48.0 Å². The fraction of sp³-hybridized carbons (Fsp3) is 0.375. The van der Waals surface area contributed by atoms with Gasteiger partial charge in [0, 0.05) is 32.0 Å². The second-order valence-corrected chi connectivity index (χ2v) is 5.38. The number of benzene rings is 1. The van der Waals surface area contributed by atoms with Gasteiger partial charge in [-0.1, -0.05) is 18.2 Å². The Balaban J connectivity index is 1.60. The normalized spacial score (nSPS) is 14.0. The zero-order chi connectivity index (χ0) is 14.7. The van der Waals surface area contributed by atoms with Gasteiger partial charge in [-0.15, -0.1) is 0 Å². The molecule has 5 heteroatoms. The number of carbonyl (C=O) groups is 1. The van der Waals surface area contributed by atoms with E-state index >= 15 is 0 Å². The Labute approximate surface area is 124 Å². The van der Waals surface area contributed by atoms with Crippen LogP contribution in [0.25, 0.3) is 0 Å². The molecule has 0 unspecified atom stereocenters. The summed E-state index contributed by atoms with van der Waals surface area (Å²) in [5, 5.41) is 3.20. The minimum Gasteiger partial charge on any atom is -0.337 e. The fourth-order valence-electron chi connectivity index (χ4n) is 2.74. The molecule has 3 rings (SSSR count). The lowest BCUT2D eigenvalue weighted by atomic mass is 10.0. The van der Waals surface area contributed by atoms with Gasteiger partial charge in [0.05, 0.1) is 18.6 Å². The highest BCUT2D eigenvalue weighted by molar-refractivity contribution is 5.95. The number of anilines is 1. The monoisotopic (exact) mass is 284 g/mol. The van der Waals surface area contributed by atoms with Gasteiger partial charge in [-0.2, -0.15) is 0 Å². The number of hydrogen-bond acceptors (Lipinski definition) is 3. The Hall–Kier alpha value is -2.14. The minimum absolute atomic E-state index is 0.129. The van der Waals surface area contributed by atoms with Crippen molar-refractivity contribution >= 4 is 11.6 Å². The molecule has 2 heterocycles. The highest BCUT2D eigenvalue weighted by atomic mass is 16.2. The molecule has 0 bridgehead atoms. The number of fused-ring (bicyclic) bond motifs is 1. The number of carbonyl (C=O) groups excluding carboxylic acids is 1. The van der Waals surface area contributed by atoms with Gasteiger partial charge in [-0.05, 0) is 24.5 Å². The molecule has 0 fully saturated rings. The predicted molar refractivity (Wildman–Crippen MR) is 82.0 cm³/mol. The number of nitrogens with zero attached hydrogens (tertiary/aromatic N) is 3. The first-order valence-corrected chi connectivity index (χ1v) is 7.30. The number of amides is 1. The highest BCUT2D eigenvalue weighted by Gasteiger charge is 2.21. The quantitative estimate of drug-likeness (QED) is 0.925. The molecule has 1 aromatic carbocycles. The number of rotatable bonds is 4.